The Morgan fingerprint density at radius 2 is 1.64 bits per heavy atom. The highest BCUT2D eigenvalue weighted by Crippen LogP contribution is 2.36. The van der Waals surface area contributed by atoms with Gasteiger partial charge in [0.05, 0.1) is 11.2 Å². The van der Waals surface area contributed by atoms with Gasteiger partial charge in [-0.05, 0) is 33.8 Å². The Labute approximate surface area is 131 Å². The topological polar surface area (TPSA) is 57.4 Å². The normalized spacial score (nSPS) is 19.4. The zero-order chi connectivity index (χ0) is 16.0. The molecular weight excluding hydrogens is 275 g/mol. The fourth-order valence-corrected chi connectivity index (χ4v) is 2.47. The summed E-state index contributed by atoms with van der Waals surface area (Å²) in [5.74, 6) is 0. The van der Waals surface area contributed by atoms with Crippen LogP contribution in [0.4, 0.5) is 5.69 Å². The van der Waals surface area contributed by atoms with E-state index in [0.717, 1.165) is 22.3 Å². The third kappa shape index (κ3) is 2.51. The van der Waals surface area contributed by atoms with E-state index in [0.29, 0.717) is 0 Å². The molecular formula is C17H21BN2O2. The second-order valence-corrected chi connectivity index (χ2v) is 6.68. The van der Waals surface area contributed by atoms with Gasteiger partial charge in [-0.2, -0.15) is 0 Å². The molecule has 0 atom stereocenters. The lowest BCUT2D eigenvalue weighted by atomic mass is 9.79. The average Bonchev–Trinajstić information content (AvgIpc) is 2.68. The van der Waals surface area contributed by atoms with Crippen molar-refractivity contribution in [3.05, 3.63) is 42.7 Å². The van der Waals surface area contributed by atoms with Crippen molar-refractivity contribution in [1.82, 2.24) is 4.98 Å². The molecule has 2 aromatic rings. The minimum absolute atomic E-state index is 0.362. The number of rotatable bonds is 2. The SMILES string of the molecule is CC1(C)OB(c2cncc(-c3ccccc3N)c2)OC1(C)C. The maximum Gasteiger partial charge on any atom is 0.496 e. The van der Waals surface area contributed by atoms with Gasteiger partial charge in [-0.15, -0.1) is 0 Å². The second kappa shape index (κ2) is 5.11. The predicted molar refractivity (Wildman–Crippen MR) is 89.8 cm³/mol. The van der Waals surface area contributed by atoms with Crippen LogP contribution in [0.1, 0.15) is 27.7 Å². The second-order valence-electron chi connectivity index (χ2n) is 6.68. The molecule has 1 fully saturated rings. The first-order valence-electron chi connectivity index (χ1n) is 7.46. The molecule has 2 N–H and O–H groups in total. The fourth-order valence-electron chi connectivity index (χ4n) is 2.47. The van der Waals surface area contributed by atoms with Crippen LogP contribution in [0, 0.1) is 0 Å². The lowest BCUT2D eigenvalue weighted by Crippen LogP contribution is -2.41. The number of benzene rings is 1. The van der Waals surface area contributed by atoms with Crippen molar-refractivity contribution in [1.29, 1.82) is 0 Å². The monoisotopic (exact) mass is 296 g/mol. The molecule has 5 heteroatoms. The van der Waals surface area contributed by atoms with Gasteiger partial charge < -0.3 is 15.0 Å². The summed E-state index contributed by atoms with van der Waals surface area (Å²) in [6, 6.07) is 9.79. The average molecular weight is 296 g/mol. The molecule has 114 valence electrons. The van der Waals surface area contributed by atoms with E-state index in [1.165, 1.54) is 0 Å². The molecule has 0 radical (unpaired) electrons. The van der Waals surface area contributed by atoms with Crippen molar-refractivity contribution >= 4 is 18.3 Å². The van der Waals surface area contributed by atoms with Gasteiger partial charge in [0.2, 0.25) is 0 Å². The molecule has 1 saturated heterocycles. The number of nitrogens with zero attached hydrogens (tertiary/aromatic N) is 1. The van der Waals surface area contributed by atoms with Gasteiger partial charge in [0.15, 0.2) is 0 Å². The zero-order valence-electron chi connectivity index (χ0n) is 13.5. The van der Waals surface area contributed by atoms with Gasteiger partial charge in [-0.1, -0.05) is 24.3 Å². The number of hydrogen-bond acceptors (Lipinski definition) is 4. The molecule has 1 aliphatic rings. The molecule has 0 bridgehead atoms. The zero-order valence-corrected chi connectivity index (χ0v) is 13.5. The van der Waals surface area contributed by atoms with Gasteiger partial charge in [0.25, 0.3) is 0 Å². The molecule has 0 amide bonds. The number of pyridine rings is 1. The summed E-state index contributed by atoms with van der Waals surface area (Å²) in [7, 11) is -0.414. The smallest absolute Gasteiger partial charge is 0.399 e. The van der Waals surface area contributed by atoms with Crippen LogP contribution < -0.4 is 11.2 Å². The van der Waals surface area contributed by atoms with E-state index in [9.17, 15) is 0 Å². The van der Waals surface area contributed by atoms with Crippen LogP contribution in [-0.4, -0.2) is 23.3 Å². The summed E-state index contributed by atoms with van der Waals surface area (Å²) in [5.41, 5.74) is 8.89. The third-order valence-corrected chi connectivity index (χ3v) is 4.56. The van der Waals surface area contributed by atoms with E-state index >= 15 is 0 Å². The summed E-state index contributed by atoms with van der Waals surface area (Å²) < 4.78 is 12.2. The van der Waals surface area contributed by atoms with E-state index in [-0.39, 0.29) is 11.2 Å². The molecule has 0 spiro atoms. The molecule has 1 aliphatic heterocycles. The summed E-state index contributed by atoms with van der Waals surface area (Å²) in [6.07, 6.45) is 3.59. The summed E-state index contributed by atoms with van der Waals surface area (Å²) in [4.78, 5) is 4.33. The standard InChI is InChI=1S/C17H21BN2O2/c1-16(2)17(3,4)22-18(21-16)13-9-12(10-20-11-13)14-7-5-6-8-15(14)19/h5-11H,19H2,1-4H3. The first-order valence-corrected chi connectivity index (χ1v) is 7.46. The van der Waals surface area contributed by atoms with Crippen molar-refractivity contribution in [2.45, 2.75) is 38.9 Å². The van der Waals surface area contributed by atoms with E-state index in [4.69, 9.17) is 15.0 Å². The van der Waals surface area contributed by atoms with E-state index < -0.39 is 7.12 Å². The molecule has 0 aliphatic carbocycles. The van der Waals surface area contributed by atoms with Gasteiger partial charge in [0, 0.05) is 34.7 Å². The molecule has 1 aromatic carbocycles. The van der Waals surface area contributed by atoms with Crippen LogP contribution in [0.5, 0.6) is 0 Å². The highest BCUT2D eigenvalue weighted by atomic mass is 16.7. The Morgan fingerprint density at radius 1 is 1.00 bits per heavy atom. The third-order valence-electron chi connectivity index (χ3n) is 4.56. The maximum absolute atomic E-state index is 6.08. The highest BCUT2D eigenvalue weighted by molar-refractivity contribution is 6.62. The van der Waals surface area contributed by atoms with Crippen molar-refractivity contribution in [3.8, 4) is 11.1 Å². The van der Waals surface area contributed by atoms with Crippen molar-refractivity contribution < 1.29 is 9.31 Å². The summed E-state index contributed by atoms with van der Waals surface area (Å²) >= 11 is 0. The first kappa shape index (κ1) is 15.1. The molecule has 1 aromatic heterocycles. The van der Waals surface area contributed by atoms with Crippen LogP contribution >= 0.6 is 0 Å². The lowest BCUT2D eigenvalue weighted by molar-refractivity contribution is 0.00578. The van der Waals surface area contributed by atoms with E-state index in [1.807, 2.05) is 58.0 Å². The van der Waals surface area contributed by atoms with E-state index in [2.05, 4.69) is 4.98 Å². The maximum atomic E-state index is 6.08. The largest absolute Gasteiger partial charge is 0.496 e. The molecule has 0 unspecified atom stereocenters. The van der Waals surface area contributed by atoms with Gasteiger partial charge in [0.1, 0.15) is 0 Å². The van der Waals surface area contributed by atoms with Crippen LogP contribution in [0.3, 0.4) is 0 Å². The lowest BCUT2D eigenvalue weighted by Gasteiger charge is -2.32. The van der Waals surface area contributed by atoms with Crippen molar-refractivity contribution in [2.75, 3.05) is 5.73 Å². The Balaban J connectivity index is 1.95. The van der Waals surface area contributed by atoms with Gasteiger partial charge >= 0.3 is 7.12 Å². The molecule has 22 heavy (non-hydrogen) atoms. The fraction of sp³-hybridized carbons (Fsp3) is 0.353. The first-order chi connectivity index (χ1) is 10.3. The van der Waals surface area contributed by atoms with Crippen LogP contribution in [-0.2, 0) is 9.31 Å². The predicted octanol–water partition coefficient (Wildman–Crippen LogP) is 2.63. The van der Waals surface area contributed by atoms with Crippen molar-refractivity contribution in [3.63, 3.8) is 0 Å². The van der Waals surface area contributed by atoms with Crippen molar-refractivity contribution in [2.24, 2.45) is 0 Å². The van der Waals surface area contributed by atoms with Crippen LogP contribution in [0.25, 0.3) is 11.1 Å². The molecule has 2 heterocycles. The number of para-hydroxylation sites is 1. The quantitative estimate of drug-likeness (QED) is 0.683. The number of nitrogen functional groups attached to an aromatic ring is 1. The molecule has 0 saturated carbocycles. The Kier molecular flexibility index (Phi) is 3.50. The Morgan fingerprint density at radius 3 is 2.27 bits per heavy atom. The molecule has 3 rings (SSSR count). The summed E-state index contributed by atoms with van der Waals surface area (Å²) in [6.45, 7) is 8.16. The number of aromatic nitrogens is 1. The summed E-state index contributed by atoms with van der Waals surface area (Å²) in [5, 5.41) is 0. The number of nitrogens with two attached hydrogens (primary N) is 1. The van der Waals surface area contributed by atoms with Gasteiger partial charge in [-0.3, -0.25) is 4.98 Å². The minimum Gasteiger partial charge on any atom is -0.399 e. The number of anilines is 1. The van der Waals surface area contributed by atoms with Gasteiger partial charge in [-0.25, -0.2) is 0 Å². The Bertz CT molecular complexity index is 685. The Hall–Kier alpha value is -1.85. The van der Waals surface area contributed by atoms with Crippen LogP contribution in [0.2, 0.25) is 0 Å². The number of hydrogen-bond donors (Lipinski definition) is 1. The molecule has 4 nitrogen and oxygen atoms in total. The van der Waals surface area contributed by atoms with Crippen LogP contribution in [0.15, 0.2) is 42.7 Å². The minimum atomic E-state index is -0.414. The van der Waals surface area contributed by atoms with E-state index in [1.54, 1.807) is 12.4 Å². The highest BCUT2D eigenvalue weighted by Gasteiger charge is 2.51.